The molecule has 0 aliphatic carbocycles. The summed E-state index contributed by atoms with van der Waals surface area (Å²) in [4.78, 5) is 0. The topological polar surface area (TPSA) is 59.1 Å². The van der Waals surface area contributed by atoms with E-state index < -0.39 is 0 Å². The molecule has 1 heterocycles. The molecule has 1 aliphatic rings. The van der Waals surface area contributed by atoms with E-state index in [1.807, 2.05) is 18.2 Å². The molecular weight excluding hydrogens is 284 g/mol. The Morgan fingerprint density at radius 1 is 1.13 bits per heavy atom. The highest BCUT2D eigenvalue weighted by atomic mass is 16.5. The number of rotatable bonds is 9. The van der Waals surface area contributed by atoms with Gasteiger partial charge >= 0.3 is 0 Å². The zero-order valence-electron chi connectivity index (χ0n) is 14.5. The van der Waals surface area contributed by atoms with Crippen LogP contribution in [0.15, 0.2) is 24.3 Å². The van der Waals surface area contributed by atoms with Gasteiger partial charge in [-0.2, -0.15) is 0 Å². The molecule has 0 bridgehead atoms. The standard InChI is InChI=1S/C20H30N2O/c1-3-4-5-6-7-8-9-13-20(2)14-12-16-15-17(19(21)22)10-11-18(16)23-20/h10-12,14-15H,3-9,13H2,1-2H3,(H3,21,22). The van der Waals surface area contributed by atoms with Gasteiger partial charge in [-0.3, -0.25) is 5.41 Å². The van der Waals surface area contributed by atoms with E-state index in [9.17, 15) is 0 Å². The molecule has 3 heteroatoms. The van der Waals surface area contributed by atoms with Gasteiger partial charge in [-0.1, -0.05) is 51.5 Å². The minimum Gasteiger partial charge on any atom is -0.483 e. The second kappa shape index (κ2) is 8.19. The minimum atomic E-state index is -0.214. The predicted octanol–water partition coefficient (Wildman–Crippen LogP) is 5.28. The number of nitrogens with one attached hydrogen (secondary N) is 1. The summed E-state index contributed by atoms with van der Waals surface area (Å²) in [7, 11) is 0. The average molecular weight is 314 g/mol. The summed E-state index contributed by atoms with van der Waals surface area (Å²) in [5.41, 5.74) is 7.08. The van der Waals surface area contributed by atoms with Crippen molar-refractivity contribution in [3.05, 3.63) is 35.4 Å². The van der Waals surface area contributed by atoms with Crippen molar-refractivity contribution < 1.29 is 4.74 Å². The normalized spacial score (nSPS) is 19.2. The van der Waals surface area contributed by atoms with Gasteiger partial charge < -0.3 is 10.5 Å². The summed E-state index contributed by atoms with van der Waals surface area (Å²) in [6.45, 7) is 4.41. The number of ether oxygens (including phenoxy) is 1. The lowest BCUT2D eigenvalue weighted by atomic mass is 9.93. The van der Waals surface area contributed by atoms with E-state index in [0.29, 0.717) is 0 Å². The molecule has 3 nitrogen and oxygen atoms in total. The Hall–Kier alpha value is -1.77. The van der Waals surface area contributed by atoms with Crippen LogP contribution in [0.3, 0.4) is 0 Å². The van der Waals surface area contributed by atoms with Gasteiger partial charge in [0.1, 0.15) is 17.2 Å². The van der Waals surface area contributed by atoms with Crippen molar-refractivity contribution in [1.82, 2.24) is 0 Å². The molecule has 0 radical (unpaired) electrons. The largest absolute Gasteiger partial charge is 0.483 e. The number of nitrogens with two attached hydrogens (primary N) is 1. The molecule has 1 unspecified atom stereocenters. The van der Waals surface area contributed by atoms with E-state index in [1.165, 1.54) is 44.9 Å². The highest BCUT2D eigenvalue weighted by Crippen LogP contribution is 2.34. The molecule has 0 aromatic heterocycles. The van der Waals surface area contributed by atoms with E-state index in [0.717, 1.165) is 23.3 Å². The van der Waals surface area contributed by atoms with E-state index in [-0.39, 0.29) is 11.4 Å². The van der Waals surface area contributed by atoms with E-state index >= 15 is 0 Å². The zero-order valence-corrected chi connectivity index (χ0v) is 14.5. The molecule has 0 fully saturated rings. The third-order valence-corrected chi connectivity index (χ3v) is 4.56. The first-order valence-electron chi connectivity index (χ1n) is 8.91. The Bertz CT molecular complexity index is 565. The Labute approximate surface area is 140 Å². The van der Waals surface area contributed by atoms with Crippen LogP contribution in [-0.2, 0) is 0 Å². The first kappa shape index (κ1) is 17.6. The van der Waals surface area contributed by atoms with Crippen molar-refractivity contribution in [2.45, 2.75) is 70.8 Å². The van der Waals surface area contributed by atoms with Crippen LogP contribution in [0.1, 0.15) is 76.3 Å². The van der Waals surface area contributed by atoms with Crippen molar-refractivity contribution in [3.63, 3.8) is 0 Å². The van der Waals surface area contributed by atoms with Crippen LogP contribution >= 0.6 is 0 Å². The van der Waals surface area contributed by atoms with Crippen LogP contribution in [0.25, 0.3) is 6.08 Å². The van der Waals surface area contributed by atoms with Crippen LogP contribution in [0.4, 0.5) is 0 Å². The second-order valence-corrected chi connectivity index (χ2v) is 6.79. The fraction of sp³-hybridized carbons (Fsp3) is 0.550. The Kier molecular flexibility index (Phi) is 6.26. The molecule has 1 aromatic rings. The third-order valence-electron chi connectivity index (χ3n) is 4.56. The van der Waals surface area contributed by atoms with Gasteiger partial charge in [0.05, 0.1) is 0 Å². The maximum absolute atomic E-state index is 7.52. The summed E-state index contributed by atoms with van der Waals surface area (Å²) in [6.07, 6.45) is 14.5. The molecule has 0 saturated carbocycles. The number of nitrogen functional groups attached to an aromatic ring is 1. The number of hydrogen-bond acceptors (Lipinski definition) is 2. The smallest absolute Gasteiger partial charge is 0.127 e. The molecule has 126 valence electrons. The lowest BCUT2D eigenvalue weighted by Gasteiger charge is -2.32. The van der Waals surface area contributed by atoms with Gasteiger partial charge in [0.25, 0.3) is 0 Å². The summed E-state index contributed by atoms with van der Waals surface area (Å²) in [5, 5.41) is 7.52. The highest BCUT2D eigenvalue weighted by Gasteiger charge is 2.26. The van der Waals surface area contributed by atoms with Crippen LogP contribution in [0, 0.1) is 5.41 Å². The number of benzene rings is 1. The van der Waals surface area contributed by atoms with Crippen molar-refractivity contribution in [2.75, 3.05) is 0 Å². The Morgan fingerprint density at radius 3 is 2.52 bits per heavy atom. The number of fused-ring (bicyclic) bond motifs is 1. The number of unbranched alkanes of at least 4 members (excludes halogenated alkanes) is 6. The molecule has 0 amide bonds. The van der Waals surface area contributed by atoms with Gasteiger partial charge in [-0.05, 0) is 44.0 Å². The highest BCUT2D eigenvalue weighted by molar-refractivity contribution is 5.95. The molecule has 2 rings (SSSR count). The van der Waals surface area contributed by atoms with Crippen molar-refractivity contribution in [3.8, 4) is 5.75 Å². The zero-order chi connectivity index (χ0) is 16.7. The molecule has 0 spiro atoms. The van der Waals surface area contributed by atoms with E-state index in [1.54, 1.807) is 0 Å². The maximum Gasteiger partial charge on any atom is 0.127 e. The SMILES string of the molecule is CCCCCCCCCC1(C)C=Cc2cc(C(=N)N)ccc2O1. The molecular formula is C20H30N2O. The van der Waals surface area contributed by atoms with Crippen LogP contribution in [0.2, 0.25) is 0 Å². The average Bonchev–Trinajstić information content (AvgIpc) is 2.53. The van der Waals surface area contributed by atoms with Gasteiger partial charge in [0.2, 0.25) is 0 Å². The van der Waals surface area contributed by atoms with Gasteiger partial charge in [-0.25, -0.2) is 0 Å². The second-order valence-electron chi connectivity index (χ2n) is 6.79. The quantitative estimate of drug-likeness (QED) is 0.370. The molecule has 1 atom stereocenters. The fourth-order valence-electron chi connectivity index (χ4n) is 3.06. The lowest BCUT2D eigenvalue weighted by molar-refractivity contribution is 0.124. The van der Waals surface area contributed by atoms with Gasteiger partial charge in [-0.15, -0.1) is 0 Å². The molecule has 23 heavy (non-hydrogen) atoms. The molecule has 1 aromatic carbocycles. The number of amidine groups is 1. The summed E-state index contributed by atoms with van der Waals surface area (Å²) >= 11 is 0. The Balaban J connectivity index is 1.83. The monoisotopic (exact) mass is 314 g/mol. The van der Waals surface area contributed by atoms with E-state index in [2.05, 4.69) is 26.0 Å². The number of hydrogen-bond donors (Lipinski definition) is 2. The first-order valence-corrected chi connectivity index (χ1v) is 8.91. The summed E-state index contributed by atoms with van der Waals surface area (Å²) < 4.78 is 6.20. The summed E-state index contributed by atoms with van der Waals surface area (Å²) in [6, 6.07) is 5.70. The third kappa shape index (κ3) is 5.12. The van der Waals surface area contributed by atoms with Gasteiger partial charge in [0, 0.05) is 11.1 Å². The van der Waals surface area contributed by atoms with Crippen molar-refractivity contribution >= 4 is 11.9 Å². The van der Waals surface area contributed by atoms with E-state index in [4.69, 9.17) is 15.9 Å². The van der Waals surface area contributed by atoms with Gasteiger partial charge in [0.15, 0.2) is 0 Å². The lowest BCUT2D eigenvalue weighted by Crippen LogP contribution is -2.31. The van der Waals surface area contributed by atoms with Crippen molar-refractivity contribution in [2.24, 2.45) is 5.73 Å². The summed E-state index contributed by atoms with van der Waals surface area (Å²) in [5.74, 6) is 0.987. The van der Waals surface area contributed by atoms with Crippen LogP contribution in [-0.4, -0.2) is 11.4 Å². The predicted molar refractivity (Wildman–Crippen MR) is 98.1 cm³/mol. The maximum atomic E-state index is 7.52. The molecule has 0 saturated heterocycles. The minimum absolute atomic E-state index is 0.0950. The first-order chi connectivity index (χ1) is 11.0. The molecule has 1 aliphatic heterocycles. The fourth-order valence-corrected chi connectivity index (χ4v) is 3.06. The van der Waals surface area contributed by atoms with Crippen LogP contribution in [0.5, 0.6) is 5.75 Å². The van der Waals surface area contributed by atoms with Crippen LogP contribution < -0.4 is 10.5 Å². The Morgan fingerprint density at radius 2 is 1.83 bits per heavy atom. The molecule has 3 N–H and O–H groups in total. The van der Waals surface area contributed by atoms with Crippen molar-refractivity contribution in [1.29, 1.82) is 5.41 Å².